The fourth-order valence-electron chi connectivity index (χ4n) is 1.36. The molecule has 0 aliphatic rings. The number of nitrogens with zero attached hydrogens (tertiary/aromatic N) is 2. The summed E-state index contributed by atoms with van der Waals surface area (Å²) in [6, 6.07) is 5.95. The Bertz CT molecular complexity index is 566. The van der Waals surface area contributed by atoms with Gasteiger partial charge in [-0.05, 0) is 17.7 Å². The van der Waals surface area contributed by atoms with Gasteiger partial charge in [0, 0.05) is 5.75 Å². The molecule has 0 aliphatic carbocycles. The molecule has 0 amide bonds. The zero-order valence-electron chi connectivity index (χ0n) is 10.8. The molecule has 0 unspecified atom stereocenters. The lowest BCUT2D eigenvalue weighted by molar-refractivity contribution is 0.280. The zero-order valence-corrected chi connectivity index (χ0v) is 11.6. The van der Waals surface area contributed by atoms with Crippen molar-refractivity contribution in [3.05, 3.63) is 47.7 Å². The standard InChI is InChI=1S/C13H13F2N3OS/c1-2-20-18-12-11(15)7-16-13(17-12)19-8-9-3-5-10(14)6-4-9/h3-7H,2,8H2,1H3,(H,16,17,18). The van der Waals surface area contributed by atoms with Crippen LogP contribution in [0.25, 0.3) is 0 Å². The van der Waals surface area contributed by atoms with E-state index in [0.717, 1.165) is 17.5 Å². The van der Waals surface area contributed by atoms with Crippen molar-refractivity contribution >= 4 is 17.8 Å². The highest BCUT2D eigenvalue weighted by Crippen LogP contribution is 2.17. The Kier molecular flexibility index (Phi) is 5.11. The maximum absolute atomic E-state index is 13.4. The summed E-state index contributed by atoms with van der Waals surface area (Å²) in [6.45, 7) is 2.12. The maximum Gasteiger partial charge on any atom is 0.318 e. The second-order valence-electron chi connectivity index (χ2n) is 3.80. The zero-order chi connectivity index (χ0) is 14.4. The molecule has 106 valence electrons. The van der Waals surface area contributed by atoms with Crippen molar-refractivity contribution in [2.75, 3.05) is 10.5 Å². The van der Waals surface area contributed by atoms with Gasteiger partial charge in [0.2, 0.25) is 0 Å². The van der Waals surface area contributed by atoms with Crippen LogP contribution in [-0.2, 0) is 6.61 Å². The van der Waals surface area contributed by atoms with Crippen LogP contribution in [0.1, 0.15) is 12.5 Å². The second-order valence-corrected chi connectivity index (χ2v) is 4.87. The van der Waals surface area contributed by atoms with Gasteiger partial charge >= 0.3 is 6.01 Å². The van der Waals surface area contributed by atoms with Gasteiger partial charge < -0.3 is 9.46 Å². The number of anilines is 1. The molecular weight excluding hydrogens is 284 g/mol. The molecule has 0 atom stereocenters. The van der Waals surface area contributed by atoms with E-state index in [-0.39, 0.29) is 24.3 Å². The normalized spacial score (nSPS) is 10.3. The third-order valence-corrected chi connectivity index (χ3v) is 2.94. The summed E-state index contributed by atoms with van der Waals surface area (Å²) in [7, 11) is 0. The van der Waals surface area contributed by atoms with Crippen LogP contribution in [0, 0.1) is 11.6 Å². The largest absolute Gasteiger partial charge is 0.459 e. The molecule has 1 aromatic carbocycles. The third kappa shape index (κ3) is 4.06. The van der Waals surface area contributed by atoms with Crippen LogP contribution >= 0.6 is 11.9 Å². The molecule has 2 rings (SSSR count). The van der Waals surface area contributed by atoms with Gasteiger partial charge in [0.1, 0.15) is 12.4 Å². The van der Waals surface area contributed by atoms with Crippen LogP contribution in [0.4, 0.5) is 14.6 Å². The minimum absolute atomic E-state index is 0.0647. The highest BCUT2D eigenvalue weighted by Gasteiger charge is 2.07. The fourth-order valence-corrected chi connectivity index (χ4v) is 1.79. The molecule has 1 aromatic heterocycles. The molecule has 2 aromatic rings. The second kappa shape index (κ2) is 7.04. The van der Waals surface area contributed by atoms with E-state index in [1.54, 1.807) is 12.1 Å². The first-order chi connectivity index (χ1) is 9.69. The van der Waals surface area contributed by atoms with Crippen molar-refractivity contribution in [1.82, 2.24) is 9.97 Å². The summed E-state index contributed by atoms with van der Waals surface area (Å²) in [5, 5.41) is 0. The summed E-state index contributed by atoms with van der Waals surface area (Å²) in [5.41, 5.74) is 0.775. The summed E-state index contributed by atoms with van der Waals surface area (Å²) < 4.78 is 34.3. The smallest absolute Gasteiger partial charge is 0.318 e. The fraction of sp³-hybridized carbons (Fsp3) is 0.231. The minimum Gasteiger partial charge on any atom is -0.459 e. The molecule has 7 heteroatoms. The van der Waals surface area contributed by atoms with Crippen molar-refractivity contribution < 1.29 is 13.5 Å². The lowest BCUT2D eigenvalue weighted by Gasteiger charge is -2.07. The number of ether oxygens (including phenoxy) is 1. The van der Waals surface area contributed by atoms with Crippen molar-refractivity contribution in [1.29, 1.82) is 0 Å². The molecule has 4 nitrogen and oxygen atoms in total. The Morgan fingerprint density at radius 3 is 2.70 bits per heavy atom. The summed E-state index contributed by atoms with van der Waals surface area (Å²) in [4.78, 5) is 7.68. The Balaban J connectivity index is 2.00. The number of hydrogen-bond acceptors (Lipinski definition) is 5. The van der Waals surface area contributed by atoms with E-state index < -0.39 is 5.82 Å². The van der Waals surface area contributed by atoms with Crippen LogP contribution < -0.4 is 9.46 Å². The van der Waals surface area contributed by atoms with Gasteiger partial charge in [0.05, 0.1) is 6.20 Å². The molecule has 1 N–H and O–H groups in total. The molecule has 0 radical (unpaired) electrons. The monoisotopic (exact) mass is 297 g/mol. The first kappa shape index (κ1) is 14.5. The van der Waals surface area contributed by atoms with E-state index in [0.29, 0.717) is 0 Å². The van der Waals surface area contributed by atoms with Crippen molar-refractivity contribution in [3.8, 4) is 6.01 Å². The van der Waals surface area contributed by atoms with Gasteiger partial charge in [-0.2, -0.15) is 4.98 Å². The highest BCUT2D eigenvalue weighted by molar-refractivity contribution is 8.00. The van der Waals surface area contributed by atoms with E-state index in [2.05, 4.69) is 14.7 Å². The summed E-state index contributed by atoms with van der Waals surface area (Å²) in [5.74, 6) is 0.00534. The third-order valence-electron chi connectivity index (χ3n) is 2.32. The molecule has 0 spiro atoms. The molecule has 20 heavy (non-hydrogen) atoms. The number of halogens is 2. The van der Waals surface area contributed by atoms with E-state index >= 15 is 0 Å². The minimum atomic E-state index is -0.542. The van der Waals surface area contributed by atoms with Crippen molar-refractivity contribution in [3.63, 3.8) is 0 Å². The number of rotatable bonds is 6. The van der Waals surface area contributed by atoms with E-state index in [1.165, 1.54) is 24.1 Å². The van der Waals surface area contributed by atoms with Crippen LogP contribution in [-0.4, -0.2) is 15.7 Å². The van der Waals surface area contributed by atoms with Gasteiger partial charge in [-0.15, -0.1) is 0 Å². The maximum atomic E-state index is 13.4. The predicted molar refractivity (Wildman–Crippen MR) is 74.5 cm³/mol. The SMILES string of the molecule is CCSNc1nc(OCc2ccc(F)cc2)ncc1F. The topological polar surface area (TPSA) is 47.0 Å². The molecule has 0 bridgehead atoms. The quantitative estimate of drug-likeness (QED) is 0.828. The molecular formula is C13H13F2N3OS. The number of aromatic nitrogens is 2. The summed E-state index contributed by atoms with van der Waals surface area (Å²) in [6.07, 6.45) is 1.05. The van der Waals surface area contributed by atoms with Gasteiger partial charge in [0.25, 0.3) is 0 Å². The molecule has 0 saturated carbocycles. The highest BCUT2D eigenvalue weighted by atomic mass is 32.2. The number of nitrogens with one attached hydrogen (secondary N) is 1. The van der Waals surface area contributed by atoms with Gasteiger partial charge in [-0.3, -0.25) is 0 Å². The van der Waals surface area contributed by atoms with Crippen LogP contribution in [0.2, 0.25) is 0 Å². The summed E-state index contributed by atoms with van der Waals surface area (Å²) >= 11 is 1.32. The van der Waals surface area contributed by atoms with E-state index in [9.17, 15) is 8.78 Å². The molecule has 0 saturated heterocycles. The van der Waals surface area contributed by atoms with E-state index in [1.807, 2.05) is 6.92 Å². The van der Waals surface area contributed by atoms with Crippen LogP contribution in [0.3, 0.4) is 0 Å². The Morgan fingerprint density at radius 1 is 1.25 bits per heavy atom. The van der Waals surface area contributed by atoms with Crippen LogP contribution in [0.5, 0.6) is 6.01 Å². The van der Waals surface area contributed by atoms with Crippen molar-refractivity contribution in [2.45, 2.75) is 13.5 Å². The first-order valence-electron chi connectivity index (χ1n) is 5.96. The van der Waals surface area contributed by atoms with E-state index in [4.69, 9.17) is 4.74 Å². The lowest BCUT2D eigenvalue weighted by Crippen LogP contribution is -2.03. The van der Waals surface area contributed by atoms with Gasteiger partial charge in [-0.25, -0.2) is 13.8 Å². The first-order valence-corrected chi connectivity index (χ1v) is 6.95. The molecule has 0 aliphatic heterocycles. The molecule has 1 heterocycles. The average Bonchev–Trinajstić information content (AvgIpc) is 2.46. The predicted octanol–water partition coefficient (Wildman–Crippen LogP) is 3.41. The number of hydrogen-bond donors (Lipinski definition) is 1. The molecule has 0 fully saturated rings. The lowest BCUT2D eigenvalue weighted by atomic mass is 10.2. The van der Waals surface area contributed by atoms with Gasteiger partial charge in [-0.1, -0.05) is 31.0 Å². The Morgan fingerprint density at radius 2 is 2.00 bits per heavy atom. The van der Waals surface area contributed by atoms with Crippen molar-refractivity contribution in [2.24, 2.45) is 0 Å². The van der Waals surface area contributed by atoms with Crippen LogP contribution in [0.15, 0.2) is 30.5 Å². The average molecular weight is 297 g/mol. The van der Waals surface area contributed by atoms with Gasteiger partial charge in [0.15, 0.2) is 11.6 Å². The Labute approximate surface area is 119 Å². The number of benzene rings is 1. The Hall–Kier alpha value is -1.89.